The van der Waals surface area contributed by atoms with Gasteiger partial charge in [-0.3, -0.25) is 19.0 Å². The average molecular weight is 694 g/mol. The molecule has 7 rings (SSSR count). The molecule has 0 unspecified atom stereocenters. The number of amides is 2. The highest BCUT2D eigenvalue weighted by Gasteiger charge is 2.66. The number of carbonyl (C=O) groups excluding carboxylic acids is 2. The predicted octanol–water partition coefficient (Wildman–Crippen LogP) is 4.53. The molecule has 3 aliphatic heterocycles. The first kappa shape index (κ1) is 33.9. The fourth-order valence-corrected chi connectivity index (χ4v) is 11.1. The third-order valence-corrected chi connectivity index (χ3v) is 13.3. The van der Waals surface area contributed by atoms with E-state index in [-0.39, 0.29) is 48.7 Å². The van der Waals surface area contributed by atoms with Gasteiger partial charge >= 0.3 is 0 Å². The number of aliphatic hydroxyl groups is 1. The summed E-state index contributed by atoms with van der Waals surface area (Å²) in [7, 11) is -1.55. The number of aromatic nitrogens is 1. The molecule has 5 atom stereocenters. The molecule has 0 bridgehead atoms. The molecule has 4 aromatic rings. The fraction of sp³-hybridized carbons (Fsp3) is 0.359. The highest BCUT2D eigenvalue weighted by Crippen LogP contribution is 2.59. The van der Waals surface area contributed by atoms with Gasteiger partial charge in [0.05, 0.1) is 44.5 Å². The molecule has 11 heteroatoms. The van der Waals surface area contributed by atoms with Crippen molar-refractivity contribution in [2.75, 3.05) is 18.6 Å². The summed E-state index contributed by atoms with van der Waals surface area (Å²) in [6.45, 7) is 6.09. The number of pyridine rings is 1. The van der Waals surface area contributed by atoms with Crippen LogP contribution in [-0.4, -0.2) is 65.4 Å². The van der Waals surface area contributed by atoms with Crippen LogP contribution < -0.4 is 15.2 Å². The molecule has 50 heavy (non-hydrogen) atoms. The predicted molar refractivity (Wildman–Crippen MR) is 192 cm³/mol. The van der Waals surface area contributed by atoms with Gasteiger partial charge < -0.3 is 29.2 Å². The quantitative estimate of drug-likeness (QED) is 0.260. The molecule has 0 aliphatic carbocycles. The zero-order valence-corrected chi connectivity index (χ0v) is 29.8. The molecule has 260 valence electrons. The van der Waals surface area contributed by atoms with E-state index in [1.165, 1.54) is 11.7 Å². The van der Waals surface area contributed by atoms with Crippen molar-refractivity contribution in [3.8, 4) is 11.4 Å². The van der Waals surface area contributed by atoms with Crippen molar-refractivity contribution in [3.63, 3.8) is 0 Å². The maximum absolute atomic E-state index is 14.9. The number of benzene rings is 3. The number of hydrogen-bond acceptors (Lipinski definition) is 7. The number of nitrogens with zero attached hydrogens (tertiary/aromatic N) is 3. The Labute approximate surface area is 292 Å². The number of ether oxygens (including phenoxy) is 2. The Morgan fingerprint density at radius 2 is 1.74 bits per heavy atom. The number of fused-ring (bicyclic) bond motifs is 3. The van der Waals surface area contributed by atoms with E-state index < -0.39 is 31.5 Å². The second-order valence-corrected chi connectivity index (χ2v) is 18.2. The average Bonchev–Trinajstić information content (AvgIpc) is 3.53. The largest absolute Gasteiger partial charge is 0.491 e. The van der Waals surface area contributed by atoms with Crippen LogP contribution in [0.3, 0.4) is 0 Å². The van der Waals surface area contributed by atoms with E-state index in [1.807, 2.05) is 92.8 Å². The van der Waals surface area contributed by atoms with E-state index in [1.54, 1.807) is 28.1 Å². The molecule has 1 aromatic heterocycles. The van der Waals surface area contributed by atoms with E-state index in [2.05, 4.69) is 0 Å². The van der Waals surface area contributed by atoms with Crippen LogP contribution in [0.15, 0.2) is 95.9 Å². The van der Waals surface area contributed by atoms with Crippen LogP contribution in [0.5, 0.6) is 5.75 Å². The topological polar surface area (TPSA) is 122 Å². The van der Waals surface area contributed by atoms with Crippen molar-refractivity contribution < 1.29 is 29.0 Å². The Balaban J connectivity index is 1.21. The minimum atomic E-state index is -3.01. The Kier molecular flexibility index (Phi) is 8.80. The monoisotopic (exact) mass is 693 g/mol. The van der Waals surface area contributed by atoms with Crippen molar-refractivity contribution in [2.45, 2.75) is 69.2 Å². The molecule has 0 saturated carbocycles. The molecule has 2 N–H and O–H groups in total. The SMILES string of the molecule is COc1cccn(-c2cccc(CN3C(=O)[C@]4(O[C@H](CC(=O)N5Cc6ccccc6C[C@H]5CO)[C@@H]([Si](C)(C)O)[C@@H]4C)c4ccccc43)c2)c1=O. The normalized spacial score (nSPS) is 24.4. The molecular formula is C39H43N3O7Si. The molecule has 4 heterocycles. The summed E-state index contributed by atoms with van der Waals surface area (Å²) in [5.74, 6) is -0.612. The first-order valence-corrected chi connectivity index (χ1v) is 20.1. The lowest BCUT2D eigenvalue weighted by atomic mass is 9.82. The van der Waals surface area contributed by atoms with Gasteiger partial charge in [-0.25, -0.2) is 0 Å². The zero-order chi connectivity index (χ0) is 35.4. The van der Waals surface area contributed by atoms with Crippen molar-refractivity contribution in [3.05, 3.63) is 124 Å². The first-order valence-electron chi connectivity index (χ1n) is 17.1. The fourth-order valence-electron chi connectivity index (χ4n) is 8.54. The van der Waals surface area contributed by atoms with Crippen LogP contribution in [0.2, 0.25) is 18.6 Å². The molecule has 2 amide bonds. The standard InChI is InChI=1S/C39H43N3O7Si/c1-25-36(50(3,4)47)34(21-35(44)41-23-28-13-6-5-12-27(28)20-30(41)24-43)49-39(25)31-15-7-8-16-32(31)42(38(39)46)22-26-11-9-14-29(19-26)40-18-10-17-33(48-2)37(40)45/h5-19,25,30,34,36,43,47H,20-24H2,1-4H3/t25-,30-,34+,36-,39+/m0/s1. The first-order chi connectivity index (χ1) is 24.0. The summed E-state index contributed by atoms with van der Waals surface area (Å²) in [6.07, 6.45) is 1.51. The van der Waals surface area contributed by atoms with E-state index >= 15 is 0 Å². The second-order valence-electron chi connectivity index (χ2n) is 14.2. The van der Waals surface area contributed by atoms with Crippen LogP contribution in [0.4, 0.5) is 5.69 Å². The van der Waals surface area contributed by atoms with Gasteiger partial charge in [-0.2, -0.15) is 0 Å². The van der Waals surface area contributed by atoms with Gasteiger partial charge in [0, 0.05) is 35.5 Å². The zero-order valence-electron chi connectivity index (χ0n) is 28.8. The minimum Gasteiger partial charge on any atom is -0.491 e. The maximum atomic E-state index is 14.9. The van der Waals surface area contributed by atoms with Crippen LogP contribution >= 0.6 is 0 Å². The highest BCUT2D eigenvalue weighted by atomic mass is 28.4. The lowest BCUT2D eigenvalue weighted by molar-refractivity contribution is -0.151. The molecule has 1 saturated heterocycles. The van der Waals surface area contributed by atoms with Gasteiger partial charge in [0.25, 0.3) is 11.5 Å². The second kappa shape index (κ2) is 13.0. The van der Waals surface area contributed by atoms with Crippen LogP contribution in [0, 0.1) is 5.92 Å². The van der Waals surface area contributed by atoms with Crippen LogP contribution in [0.25, 0.3) is 5.69 Å². The van der Waals surface area contributed by atoms with Crippen molar-refractivity contribution in [2.24, 2.45) is 5.92 Å². The van der Waals surface area contributed by atoms with E-state index in [4.69, 9.17) is 9.47 Å². The highest BCUT2D eigenvalue weighted by molar-refractivity contribution is 6.71. The molecule has 3 aromatic carbocycles. The van der Waals surface area contributed by atoms with Gasteiger partial charge in [-0.1, -0.05) is 61.5 Å². The van der Waals surface area contributed by atoms with Crippen molar-refractivity contribution in [1.82, 2.24) is 9.47 Å². The number of rotatable bonds is 8. The van der Waals surface area contributed by atoms with Crippen molar-refractivity contribution in [1.29, 1.82) is 0 Å². The number of para-hydroxylation sites is 1. The van der Waals surface area contributed by atoms with Crippen molar-refractivity contribution >= 4 is 25.8 Å². The molecule has 10 nitrogen and oxygen atoms in total. The summed E-state index contributed by atoms with van der Waals surface area (Å²) in [5.41, 5.74) is 2.94. The summed E-state index contributed by atoms with van der Waals surface area (Å²) < 4.78 is 13.7. The number of anilines is 1. The van der Waals surface area contributed by atoms with Crippen LogP contribution in [0.1, 0.15) is 35.6 Å². The Morgan fingerprint density at radius 1 is 1.00 bits per heavy atom. The Bertz CT molecular complexity index is 2010. The number of methoxy groups -OCH3 is 1. The molecule has 3 aliphatic rings. The van der Waals surface area contributed by atoms with E-state index in [0.717, 1.165) is 22.3 Å². The van der Waals surface area contributed by atoms with Crippen LogP contribution in [-0.2, 0) is 39.4 Å². The molecule has 1 fully saturated rings. The lowest BCUT2D eigenvalue weighted by Gasteiger charge is -2.37. The smallest absolute Gasteiger partial charge is 0.297 e. The Hall–Kier alpha value is -4.55. The summed E-state index contributed by atoms with van der Waals surface area (Å²) >= 11 is 0. The maximum Gasteiger partial charge on any atom is 0.297 e. The van der Waals surface area contributed by atoms with Gasteiger partial charge in [0.15, 0.2) is 19.7 Å². The number of aliphatic hydroxyl groups excluding tert-OH is 1. The number of carbonyl (C=O) groups is 2. The van der Waals surface area contributed by atoms with E-state index in [9.17, 15) is 24.3 Å². The molecular weight excluding hydrogens is 651 g/mol. The van der Waals surface area contributed by atoms with Gasteiger partial charge in [0.2, 0.25) is 5.91 Å². The van der Waals surface area contributed by atoms with Gasteiger partial charge in [0.1, 0.15) is 0 Å². The minimum absolute atomic E-state index is 0.0147. The third-order valence-electron chi connectivity index (χ3n) is 10.8. The third kappa shape index (κ3) is 5.58. The molecule has 1 spiro atoms. The van der Waals surface area contributed by atoms with Gasteiger partial charge in [-0.05, 0) is 66.5 Å². The lowest BCUT2D eigenvalue weighted by Crippen LogP contribution is -2.48. The van der Waals surface area contributed by atoms with Gasteiger partial charge in [-0.15, -0.1) is 0 Å². The summed E-state index contributed by atoms with van der Waals surface area (Å²) in [6, 6.07) is 26.0. The summed E-state index contributed by atoms with van der Waals surface area (Å²) in [4.78, 5) is 57.1. The molecule has 0 radical (unpaired) electrons. The van der Waals surface area contributed by atoms with E-state index in [0.29, 0.717) is 24.3 Å². The number of hydrogen-bond donors (Lipinski definition) is 2. The summed E-state index contributed by atoms with van der Waals surface area (Å²) in [5, 5.41) is 10.3. The Morgan fingerprint density at radius 3 is 2.48 bits per heavy atom.